The summed E-state index contributed by atoms with van der Waals surface area (Å²) < 4.78 is 17.4. The van der Waals surface area contributed by atoms with Crippen LogP contribution in [0.15, 0.2) is 27.5 Å². The zero-order chi connectivity index (χ0) is 17.0. The van der Waals surface area contributed by atoms with E-state index >= 15 is 0 Å². The Bertz CT molecular complexity index is 746. The Labute approximate surface area is 142 Å². The van der Waals surface area contributed by atoms with E-state index in [4.69, 9.17) is 16.0 Å². The lowest BCUT2D eigenvalue weighted by Gasteiger charge is -2.12. The van der Waals surface area contributed by atoms with E-state index in [0.29, 0.717) is 39.4 Å². The Balaban J connectivity index is 2.16. The third-order valence-electron chi connectivity index (χ3n) is 3.11. The number of carbonyl (C=O) groups excluding carboxylic acids is 1. The van der Waals surface area contributed by atoms with E-state index in [0.717, 1.165) is 0 Å². The summed E-state index contributed by atoms with van der Waals surface area (Å²) in [4.78, 5) is 16.9. The quantitative estimate of drug-likeness (QED) is 0.778. The lowest BCUT2D eigenvalue weighted by Crippen LogP contribution is -2.30. The summed E-state index contributed by atoms with van der Waals surface area (Å²) in [6.07, 6.45) is 0.607. The van der Waals surface area contributed by atoms with Crippen LogP contribution < -0.4 is 10.9 Å². The van der Waals surface area contributed by atoms with Gasteiger partial charge in [-0.1, -0.05) is 25.4 Å². The van der Waals surface area contributed by atoms with Crippen LogP contribution in [0.4, 0.5) is 5.69 Å². The van der Waals surface area contributed by atoms with Crippen LogP contribution in [0.25, 0.3) is 0 Å². The van der Waals surface area contributed by atoms with Crippen LogP contribution in [0.1, 0.15) is 36.0 Å². The second-order valence-corrected chi connectivity index (χ2v) is 6.87. The number of hydrogen-bond donors (Lipinski definition) is 2. The number of nitrogens with zero attached hydrogens (tertiary/aromatic N) is 1. The smallest absolute Gasteiger partial charge is 0.307 e. The van der Waals surface area contributed by atoms with E-state index in [1.165, 1.54) is 0 Å². The predicted molar refractivity (Wildman–Crippen MR) is 90.1 cm³/mol. The van der Waals surface area contributed by atoms with E-state index in [2.05, 4.69) is 15.8 Å². The van der Waals surface area contributed by atoms with E-state index < -0.39 is 16.7 Å². The maximum Gasteiger partial charge on any atom is 0.307 e. The summed E-state index contributed by atoms with van der Waals surface area (Å²) in [6, 6.07) is 4.94. The molecule has 6 nitrogen and oxygen atoms in total. The van der Waals surface area contributed by atoms with Crippen LogP contribution in [-0.2, 0) is 17.2 Å². The summed E-state index contributed by atoms with van der Waals surface area (Å²) in [7, 11) is -1.18. The van der Waals surface area contributed by atoms with Crippen molar-refractivity contribution >= 4 is 34.0 Å². The molecular formula is C15H18ClN3O3S. The monoisotopic (exact) mass is 355 g/mol. The maximum absolute atomic E-state index is 12.2. The van der Waals surface area contributed by atoms with Gasteiger partial charge in [0.25, 0.3) is 0 Å². The fraction of sp³-hybridized carbons (Fsp3) is 0.333. The Morgan fingerprint density at radius 3 is 2.74 bits per heavy atom. The largest absolute Gasteiger partial charge is 0.435 e. The van der Waals surface area contributed by atoms with Crippen molar-refractivity contribution in [3.05, 3.63) is 40.6 Å². The Morgan fingerprint density at radius 1 is 1.39 bits per heavy atom. The summed E-state index contributed by atoms with van der Waals surface area (Å²) in [5, 5.41) is 0.475. The van der Waals surface area contributed by atoms with Crippen LogP contribution in [0, 0.1) is 6.92 Å². The van der Waals surface area contributed by atoms with Gasteiger partial charge in [0.2, 0.25) is 5.76 Å². The van der Waals surface area contributed by atoms with Crippen molar-refractivity contribution in [1.82, 2.24) is 10.4 Å². The Kier molecular flexibility index (Phi) is 5.79. The average Bonchev–Trinajstić information content (AvgIpc) is 2.93. The SMILES string of the molecule is CCc1nc(C)c(C(=O)NNc2cc(Cl)ccc2S(=O)CC)o1. The molecule has 2 N–H and O–H groups in total. The molecule has 1 aromatic heterocycles. The number of anilines is 1. The number of hydrazine groups is 1. The number of nitrogens with one attached hydrogen (secondary N) is 2. The van der Waals surface area contributed by atoms with Gasteiger partial charge in [0.1, 0.15) is 0 Å². The lowest BCUT2D eigenvalue weighted by atomic mass is 10.3. The Hall–Kier alpha value is -1.86. The molecule has 1 aromatic carbocycles. The van der Waals surface area contributed by atoms with Crippen LogP contribution >= 0.6 is 11.6 Å². The number of aryl methyl sites for hydroxylation is 2. The number of oxazole rings is 1. The minimum Gasteiger partial charge on any atom is -0.435 e. The minimum absolute atomic E-state index is 0.148. The zero-order valence-electron chi connectivity index (χ0n) is 13.1. The van der Waals surface area contributed by atoms with E-state index in [1.807, 2.05) is 13.8 Å². The first kappa shape index (κ1) is 17.5. The fourth-order valence-electron chi connectivity index (χ4n) is 1.95. The summed E-state index contributed by atoms with van der Waals surface area (Å²) in [5.41, 5.74) is 6.28. The van der Waals surface area contributed by atoms with Gasteiger partial charge in [-0.25, -0.2) is 4.98 Å². The van der Waals surface area contributed by atoms with Crippen molar-refractivity contribution < 1.29 is 13.4 Å². The zero-order valence-corrected chi connectivity index (χ0v) is 14.7. The van der Waals surface area contributed by atoms with Gasteiger partial charge in [0.15, 0.2) is 5.89 Å². The van der Waals surface area contributed by atoms with Crippen molar-refractivity contribution in [2.24, 2.45) is 0 Å². The highest BCUT2D eigenvalue weighted by molar-refractivity contribution is 7.85. The van der Waals surface area contributed by atoms with Gasteiger partial charge in [-0.05, 0) is 25.1 Å². The molecule has 0 spiro atoms. The molecule has 8 heteroatoms. The van der Waals surface area contributed by atoms with Crippen molar-refractivity contribution in [2.75, 3.05) is 11.2 Å². The van der Waals surface area contributed by atoms with Gasteiger partial charge in [-0.3, -0.25) is 19.9 Å². The highest BCUT2D eigenvalue weighted by Gasteiger charge is 2.17. The van der Waals surface area contributed by atoms with Crippen molar-refractivity contribution in [1.29, 1.82) is 0 Å². The van der Waals surface area contributed by atoms with Gasteiger partial charge in [-0.15, -0.1) is 0 Å². The number of amides is 1. The summed E-state index contributed by atoms with van der Waals surface area (Å²) in [6.45, 7) is 5.41. The van der Waals surface area contributed by atoms with Crippen LogP contribution in [0.3, 0.4) is 0 Å². The summed E-state index contributed by atoms with van der Waals surface area (Å²) in [5.74, 6) is 0.659. The second-order valence-electron chi connectivity index (χ2n) is 4.73. The molecule has 0 bridgehead atoms. The highest BCUT2D eigenvalue weighted by Crippen LogP contribution is 2.24. The third kappa shape index (κ3) is 4.11. The van der Waals surface area contributed by atoms with Crippen LogP contribution in [-0.4, -0.2) is 20.9 Å². The number of hydrogen-bond acceptors (Lipinski definition) is 5. The molecule has 0 fully saturated rings. The first-order chi connectivity index (χ1) is 11.0. The van der Waals surface area contributed by atoms with Gasteiger partial charge in [-0.2, -0.15) is 0 Å². The molecule has 0 aliphatic carbocycles. The summed E-state index contributed by atoms with van der Waals surface area (Å²) >= 11 is 5.96. The molecule has 0 aliphatic heterocycles. The maximum atomic E-state index is 12.2. The van der Waals surface area contributed by atoms with Crippen molar-refractivity contribution in [3.63, 3.8) is 0 Å². The number of carbonyl (C=O) groups is 1. The molecule has 124 valence electrons. The van der Waals surface area contributed by atoms with Gasteiger partial charge < -0.3 is 4.42 Å². The van der Waals surface area contributed by atoms with Crippen LogP contribution in [0.2, 0.25) is 5.02 Å². The molecule has 1 heterocycles. The highest BCUT2D eigenvalue weighted by atomic mass is 35.5. The van der Waals surface area contributed by atoms with E-state index in [9.17, 15) is 9.00 Å². The molecule has 1 unspecified atom stereocenters. The Morgan fingerprint density at radius 2 is 2.13 bits per heavy atom. The molecule has 0 saturated carbocycles. The van der Waals surface area contributed by atoms with Crippen LogP contribution in [0.5, 0.6) is 0 Å². The van der Waals surface area contributed by atoms with E-state index in [1.54, 1.807) is 25.1 Å². The standard InChI is InChI=1S/C15H18ClN3O3S/c1-4-13-17-9(3)14(22-13)15(20)19-18-11-8-10(16)6-7-12(11)23(21)5-2/h6-8,18H,4-5H2,1-3H3,(H,19,20). The first-order valence-corrected chi connectivity index (χ1v) is 8.86. The number of benzene rings is 1. The molecule has 0 saturated heterocycles. The lowest BCUT2D eigenvalue weighted by molar-refractivity contribution is 0.0932. The molecule has 0 aliphatic rings. The topological polar surface area (TPSA) is 84.2 Å². The van der Waals surface area contributed by atoms with Crippen molar-refractivity contribution in [2.45, 2.75) is 32.1 Å². The molecule has 2 aromatic rings. The molecular weight excluding hydrogens is 338 g/mol. The predicted octanol–water partition coefficient (Wildman–Crippen LogP) is 3.08. The minimum atomic E-state index is -1.18. The molecule has 1 atom stereocenters. The average molecular weight is 356 g/mol. The number of rotatable bonds is 6. The number of halogens is 1. The normalized spacial score (nSPS) is 12.0. The van der Waals surface area contributed by atoms with Gasteiger partial charge >= 0.3 is 5.91 Å². The molecule has 0 radical (unpaired) electrons. The van der Waals surface area contributed by atoms with E-state index in [-0.39, 0.29) is 5.76 Å². The number of aromatic nitrogens is 1. The van der Waals surface area contributed by atoms with Gasteiger partial charge in [0, 0.05) is 17.2 Å². The fourth-order valence-corrected chi connectivity index (χ4v) is 3.01. The first-order valence-electron chi connectivity index (χ1n) is 7.16. The second kappa shape index (κ2) is 7.61. The molecule has 23 heavy (non-hydrogen) atoms. The van der Waals surface area contributed by atoms with Crippen molar-refractivity contribution in [3.8, 4) is 0 Å². The molecule has 2 rings (SSSR count). The van der Waals surface area contributed by atoms with Gasteiger partial charge in [0.05, 0.1) is 27.1 Å². The third-order valence-corrected chi connectivity index (χ3v) is 4.72. The molecule has 1 amide bonds.